The first-order valence-corrected chi connectivity index (χ1v) is 5.85. The van der Waals surface area contributed by atoms with Crippen LogP contribution in [0.1, 0.15) is 62.3 Å². The van der Waals surface area contributed by atoms with E-state index in [1.54, 1.807) is 0 Å². The third kappa shape index (κ3) is 12.0. The summed E-state index contributed by atoms with van der Waals surface area (Å²) in [5, 5.41) is 0. The van der Waals surface area contributed by atoms with Gasteiger partial charge in [-0.25, -0.2) is 0 Å². The van der Waals surface area contributed by atoms with Crippen molar-refractivity contribution in [3.63, 3.8) is 0 Å². The molecule has 0 aliphatic rings. The summed E-state index contributed by atoms with van der Waals surface area (Å²) in [5.41, 5.74) is 0. The van der Waals surface area contributed by atoms with Crippen LogP contribution in [-0.4, -0.2) is 23.5 Å². The van der Waals surface area contributed by atoms with E-state index in [0.29, 0.717) is 12.1 Å². The summed E-state index contributed by atoms with van der Waals surface area (Å²) in [5.74, 6) is 0. The summed E-state index contributed by atoms with van der Waals surface area (Å²) < 4.78 is 0. The molecule has 0 fully saturated rings. The van der Waals surface area contributed by atoms with Crippen LogP contribution >= 0.6 is 0 Å². The normalized spacial score (nSPS) is 9.23. The molecule has 1 heteroatoms. The average molecular weight is 189 g/mol. The fourth-order valence-corrected chi connectivity index (χ4v) is 1.33. The molecule has 0 rings (SSSR count). The highest BCUT2D eigenvalue weighted by Gasteiger charge is 2.08. The zero-order valence-corrected chi connectivity index (χ0v) is 11.3. The largest absolute Gasteiger partial charge is 0.299 e. The molecule has 0 aliphatic heterocycles. The van der Waals surface area contributed by atoms with Crippen molar-refractivity contribution in [2.24, 2.45) is 0 Å². The van der Waals surface area contributed by atoms with Crippen molar-refractivity contribution >= 4 is 0 Å². The maximum atomic E-state index is 2.46. The lowest BCUT2D eigenvalue weighted by atomic mass is 10.2. The highest BCUT2D eigenvalue weighted by Crippen LogP contribution is 2.02. The summed E-state index contributed by atoms with van der Waals surface area (Å²) in [6.45, 7) is 20.3. The van der Waals surface area contributed by atoms with Gasteiger partial charge in [-0.2, -0.15) is 0 Å². The number of nitrogens with zero attached hydrogens (tertiary/aromatic N) is 1. The lowest BCUT2D eigenvalue weighted by Gasteiger charge is -2.28. The van der Waals surface area contributed by atoms with E-state index in [1.165, 1.54) is 0 Å². The van der Waals surface area contributed by atoms with Gasteiger partial charge in [-0.05, 0) is 34.2 Å². The second-order valence-electron chi connectivity index (χ2n) is 3.02. The van der Waals surface area contributed by atoms with Crippen LogP contribution in [0.5, 0.6) is 0 Å². The van der Waals surface area contributed by atoms with E-state index >= 15 is 0 Å². The molecule has 0 bridgehead atoms. The molecule has 0 radical (unpaired) electrons. The minimum absolute atomic E-state index is 0.690. The lowest BCUT2D eigenvalue weighted by Crippen LogP contribution is -2.36. The molecule has 1 nitrogen and oxygen atoms in total. The molecule has 13 heavy (non-hydrogen) atoms. The van der Waals surface area contributed by atoms with Crippen molar-refractivity contribution in [1.82, 2.24) is 4.90 Å². The van der Waals surface area contributed by atoms with Gasteiger partial charge in [0.15, 0.2) is 0 Å². The van der Waals surface area contributed by atoms with Gasteiger partial charge < -0.3 is 0 Å². The summed E-state index contributed by atoms with van der Waals surface area (Å²) in [7, 11) is 0. The van der Waals surface area contributed by atoms with Gasteiger partial charge in [-0.15, -0.1) is 0 Å². The Kier molecular flexibility index (Phi) is 20.8. The topological polar surface area (TPSA) is 3.24 Å². The van der Waals surface area contributed by atoms with Gasteiger partial charge in [0, 0.05) is 12.1 Å². The molecule has 0 aromatic heterocycles. The second-order valence-corrected chi connectivity index (χ2v) is 3.02. The zero-order chi connectivity index (χ0) is 11.4. The van der Waals surface area contributed by atoms with Crippen molar-refractivity contribution in [2.75, 3.05) is 6.54 Å². The summed E-state index contributed by atoms with van der Waals surface area (Å²) in [6, 6.07) is 1.38. The van der Waals surface area contributed by atoms with Gasteiger partial charge in [0.05, 0.1) is 0 Å². The SMILES string of the molecule is CC.CC.CCN(C(C)C)C(C)C. The molecule has 0 aromatic carbocycles. The Hall–Kier alpha value is -0.0400. The quantitative estimate of drug-likeness (QED) is 0.644. The Balaban J connectivity index is -0.000000218. The molecule has 0 saturated carbocycles. The number of hydrogen-bond acceptors (Lipinski definition) is 1. The Morgan fingerprint density at radius 2 is 1.00 bits per heavy atom. The molecule has 0 aliphatic carbocycles. The predicted molar refractivity (Wildman–Crippen MR) is 65.3 cm³/mol. The zero-order valence-electron chi connectivity index (χ0n) is 11.3. The first kappa shape index (κ1) is 18.7. The number of rotatable bonds is 3. The minimum Gasteiger partial charge on any atom is -0.299 e. The molecule has 0 unspecified atom stereocenters. The van der Waals surface area contributed by atoms with Crippen LogP contribution in [0.3, 0.4) is 0 Å². The van der Waals surface area contributed by atoms with E-state index < -0.39 is 0 Å². The molecule has 0 heterocycles. The van der Waals surface area contributed by atoms with Crippen molar-refractivity contribution in [1.29, 1.82) is 0 Å². The fourth-order valence-electron chi connectivity index (χ4n) is 1.33. The molecule has 0 atom stereocenters. The molecule has 0 amide bonds. The second kappa shape index (κ2) is 14.5. The Morgan fingerprint density at radius 1 is 0.769 bits per heavy atom. The number of hydrogen-bond donors (Lipinski definition) is 0. The van der Waals surface area contributed by atoms with E-state index in [9.17, 15) is 0 Å². The Bertz CT molecular complexity index is 59.5. The monoisotopic (exact) mass is 189 g/mol. The van der Waals surface area contributed by atoms with Crippen LogP contribution in [0.2, 0.25) is 0 Å². The maximum absolute atomic E-state index is 2.46. The van der Waals surface area contributed by atoms with E-state index in [4.69, 9.17) is 0 Å². The molecule has 0 N–H and O–H groups in total. The van der Waals surface area contributed by atoms with Crippen LogP contribution in [0, 0.1) is 0 Å². The third-order valence-corrected chi connectivity index (χ3v) is 1.69. The van der Waals surface area contributed by atoms with Crippen molar-refractivity contribution in [2.45, 2.75) is 74.4 Å². The predicted octanol–water partition coefficient (Wildman–Crippen LogP) is 4.18. The van der Waals surface area contributed by atoms with Crippen LogP contribution in [0.4, 0.5) is 0 Å². The highest BCUT2D eigenvalue weighted by molar-refractivity contribution is 4.64. The minimum atomic E-state index is 0.690. The van der Waals surface area contributed by atoms with Crippen LogP contribution < -0.4 is 0 Å². The van der Waals surface area contributed by atoms with Crippen LogP contribution in [0.15, 0.2) is 0 Å². The average Bonchev–Trinajstić information content (AvgIpc) is 2.11. The standard InChI is InChI=1S/C8H19N.2C2H6/c1-6-9(7(2)3)8(4)5;2*1-2/h7-8H,6H2,1-5H3;2*1-2H3. The van der Waals surface area contributed by atoms with Crippen molar-refractivity contribution < 1.29 is 0 Å². The molecule has 84 valence electrons. The van der Waals surface area contributed by atoms with Gasteiger partial charge in [-0.3, -0.25) is 4.90 Å². The molecular formula is C12H31N. The van der Waals surface area contributed by atoms with E-state index in [-0.39, 0.29) is 0 Å². The Labute approximate surface area is 86.5 Å². The summed E-state index contributed by atoms with van der Waals surface area (Å²) in [4.78, 5) is 2.46. The van der Waals surface area contributed by atoms with E-state index in [2.05, 4.69) is 39.5 Å². The summed E-state index contributed by atoms with van der Waals surface area (Å²) >= 11 is 0. The van der Waals surface area contributed by atoms with E-state index in [0.717, 1.165) is 6.54 Å². The van der Waals surface area contributed by atoms with Gasteiger partial charge in [0.1, 0.15) is 0 Å². The maximum Gasteiger partial charge on any atom is 0.00411 e. The molecule has 0 aromatic rings. The first-order chi connectivity index (χ1) is 6.09. The molecule has 0 saturated heterocycles. The van der Waals surface area contributed by atoms with Crippen LogP contribution in [-0.2, 0) is 0 Å². The first-order valence-electron chi connectivity index (χ1n) is 5.85. The van der Waals surface area contributed by atoms with Crippen LogP contribution in [0.25, 0.3) is 0 Å². The van der Waals surface area contributed by atoms with Gasteiger partial charge in [-0.1, -0.05) is 34.6 Å². The van der Waals surface area contributed by atoms with Crippen molar-refractivity contribution in [3.05, 3.63) is 0 Å². The van der Waals surface area contributed by atoms with Gasteiger partial charge >= 0.3 is 0 Å². The third-order valence-electron chi connectivity index (χ3n) is 1.69. The highest BCUT2D eigenvalue weighted by atomic mass is 15.2. The molecular weight excluding hydrogens is 158 g/mol. The smallest absolute Gasteiger partial charge is 0.00411 e. The fraction of sp³-hybridized carbons (Fsp3) is 1.00. The lowest BCUT2D eigenvalue weighted by molar-refractivity contribution is 0.185. The van der Waals surface area contributed by atoms with Gasteiger partial charge in [0.25, 0.3) is 0 Å². The molecule has 0 spiro atoms. The van der Waals surface area contributed by atoms with Crippen molar-refractivity contribution in [3.8, 4) is 0 Å². The Morgan fingerprint density at radius 3 is 1.00 bits per heavy atom. The van der Waals surface area contributed by atoms with Gasteiger partial charge in [0.2, 0.25) is 0 Å². The summed E-state index contributed by atoms with van der Waals surface area (Å²) in [6.07, 6.45) is 0. The van der Waals surface area contributed by atoms with E-state index in [1.807, 2.05) is 27.7 Å².